The van der Waals surface area contributed by atoms with Gasteiger partial charge < -0.3 is 15.3 Å². The van der Waals surface area contributed by atoms with Crippen molar-refractivity contribution in [2.75, 3.05) is 32.7 Å². The zero-order chi connectivity index (χ0) is 13.9. The van der Waals surface area contributed by atoms with Gasteiger partial charge in [0.1, 0.15) is 10.7 Å². The summed E-state index contributed by atoms with van der Waals surface area (Å²) in [6.07, 6.45) is 1.15. The van der Waals surface area contributed by atoms with E-state index in [1.54, 1.807) is 16.7 Å². The Balaban J connectivity index is 1.76. The van der Waals surface area contributed by atoms with Gasteiger partial charge in [0.2, 0.25) is 0 Å². The first-order valence-electron chi connectivity index (χ1n) is 6.89. The van der Waals surface area contributed by atoms with E-state index in [-0.39, 0.29) is 6.01 Å². The first kappa shape index (κ1) is 13.6. The number of nitrogens with one attached hydrogen (secondary N) is 1. The highest BCUT2D eigenvalue weighted by molar-refractivity contribution is 6.29. The highest BCUT2D eigenvalue weighted by atomic mass is 35.5. The van der Waals surface area contributed by atoms with Gasteiger partial charge >= 0.3 is 0 Å². The fraction of sp³-hybridized carbons (Fsp3) is 0.538. The normalized spacial score (nSPS) is 17.4. The van der Waals surface area contributed by atoms with Crippen LogP contribution in [-0.4, -0.2) is 57.3 Å². The van der Waals surface area contributed by atoms with Gasteiger partial charge in [-0.3, -0.25) is 4.57 Å². The number of fused-ring (bicyclic) bond motifs is 1. The molecule has 108 valence electrons. The molecule has 0 bridgehead atoms. The molecule has 0 saturated carbocycles. The van der Waals surface area contributed by atoms with Crippen LogP contribution in [0.2, 0.25) is 5.15 Å². The Kier molecular flexibility index (Phi) is 4.05. The van der Waals surface area contributed by atoms with Crippen LogP contribution < -0.4 is 5.32 Å². The van der Waals surface area contributed by atoms with E-state index in [0.29, 0.717) is 22.9 Å². The third-order valence-corrected chi connectivity index (χ3v) is 3.82. The molecule has 1 saturated heterocycles. The Bertz CT molecular complexity index is 592. The molecule has 2 aromatic rings. The Hall–Kier alpha value is -1.37. The van der Waals surface area contributed by atoms with Crippen LogP contribution >= 0.6 is 11.6 Å². The third kappa shape index (κ3) is 2.87. The maximum atomic E-state index is 9.95. The van der Waals surface area contributed by atoms with Crippen molar-refractivity contribution >= 4 is 22.8 Å². The molecular formula is C13H18ClN5O. The van der Waals surface area contributed by atoms with Crippen molar-refractivity contribution in [3.63, 3.8) is 0 Å². The molecule has 1 aliphatic heterocycles. The second kappa shape index (κ2) is 5.95. The van der Waals surface area contributed by atoms with Crippen molar-refractivity contribution in [1.82, 2.24) is 24.8 Å². The van der Waals surface area contributed by atoms with Crippen LogP contribution in [0.25, 0.3) is 11.2 Å². The lowest BCUT2D eigenvalue weighted by molar-refractivity contribution is 0.274. The van der Waals surface area contributed by atoms with Gasteiger partial charge in [0, 0.05) is 26.2 Å². The molecule has 6 nitrogen and oxygen atoms in total. The number of rotatable bonds is 3. The van der Waals surface area contributed by atoms with Crippen LogP contribution in [0.15, 0.2) is 12.1 Å². The molecule has 0 atom stereocenters. The minimum atomic E-state index is 0.00251. The van der Waals surface area contributed by atoms with Crippen LogP contribution in [-0.2, 0) is 6.54 Å². The Labute approximate surface area is 122 Å². The summed E-state index contributed by atoms with van der Waals surface area (Å²) in [5.41, 5.74) is 1.31. The molecule has 3 heterocycles. The van der Waals surface area contributed by atoms with Crippen LogP contribution in [0.5, 0.6) is 6.01 Å². The van der Waals surface area contributed by atoms with Crippen molar-refractivity contribution in [2.24, 2.45) is 0 Å². The molecule has 2 N–H and O–H groups in total. The number of imidazole rings is 1. The van der Waals surface area contributed by atoms with Gasteiger partial charge in [-0.1, -0.05) is 11.6 Å². The molecule has 0 spiro atoms. The molecule has 20 heavy (non-hydrogen) atoms. The molecule has 0 amide bonds. The van der Waals surface area contributed by atoms with E-state index in [0.717, 1.165) is 39.1 Å². The summed E-state index contributed by atoms with van der Waals surface area (Å²) in [5, 5.41) is 13.7. The predicted molar refractivity (Wildman–Crippen MR) is 78.1 cm³/mol. The van der Waals surface area contributed by atoms with Crippen LogP contribution in [0, 0.1) is 0 Å². The van der Waals surface area contributed by atoms with Gasteiger partial charge in [-0.2, -0.15) is 4.98 Å². The molecule has 7 heteroatoms. The van der Waals surface area contributed by atoms with E-state index < -0.39 is 0 Å². The number of pyridine rings is 1. The van der Waals surface area contributed by atoms with Gasteiger partial charge in [0.25, 0.3) is 6.01 Å². The quantitative estimate of drug-likeness (QED) is 0.830. The highest BCUT2D eigenvalue weighted by Gasteiger charge is 2.14. The minimum absolute atomic E-state index is 0.00251. The van der Waals surface area contributed by atoms with Gasteiger partial charge in [-0.15, -0.1) is 0 Å². The van der Waals surface area contributed by atoms with E-state index in [9.17, 15) is 5.11 Å². The average Bonchev–Trinajstić information content (AvgIpc) is 2.63. The van der Waals surface area contributed by atoms with E-state index in [2.05, 4.69) is 20.2 Å². The first-order chi connectivity index (χ1) is 9.74. The van der Waals surface area contributed by atoms with Crippen molar-refractivity contribution in [1.29, 1.82) is 0 Å². The van der Waals surface area contributed by atoms with E-state index >= 15 is 0 Å². The summed E-state index contributed by atoms with van der Waals surface area (Å²) in [4.78, 5) is 10.7. The first-order valence-corrected chi connectivity index (χ1v) is 7.26. The molecule has 0 aliphatic carbocycles. The zero-order valence-corrected chi connectivity index (χ0v) is 12.0. The van der Waals surface area contributed by atoms with Gasteiger partial charge in [-0.25, -0.2) is 4.98 Å². The fourth-order valence-electron chi connectivity index (χ4n) is 2.54. The lowest BCUT2D eigenvalue weighted by Gasteiger charge is -2.19. The average molecular weight is 296 g/mol. The molecule has 2 aromatic heterocycles. The monoisotopic (exact) mass is 295 g/mol. The van der Waals surface area contributed by atoms with Crippen molar-refractivity contribution < 1.29 is 5.11 Å². The van der Waals surface area contributed by atoms with Crippen LogP contribution in [0.4, 0.5) is 0 Å². The smallest absolute Gasteiger partial charge is 0.296 e. The van der Waals surface area contributed by atoms with Gasteiger partial charge in [0.15, 0.2) is 5.65 Å². The summed E-state index contributed by atoms with van der Waals surface area (Å²) in [6, 6.07) is 3.46. The second-order valence-electron chi connectivity index (χ2n) is 4.99. The lowest BCUT2D eigenvalue weighted by atomic mass is 10.4. The number of nitrogens with zero attached hydrogens (tertiary/aromatic N) is 4. The summed E-state index contributed by atoms with van der Waals surface area (Å²) in [6.45, 7) is 5.73. The minimum Gasteiger partial charge on any atom is -0.480 e. The van der Waals surface area contributed by atoms with Crippen molar-refractivity contribution in [3.8, 4) is 6.01 Å². The summed E-state index contributed by atoms with van der Waals surface area (Å²) < 4.78 is 1.72. The fourth-order valence-corrected chi connectivity index (χ4v) is 2.68. The molecule has 0 aromatic carbocycles. The molecule has 0 unspecified atom stereocenters. The number of halogens is 1. The van der Waals surface area contributed by atoms with E-state index in [4.69, 9.17) is 11.6 Å². The maximum absolute atomic E-state index is 9.95. The van der Waals surface area contributed by atoms with Crippen LogP contribution in [0.1, 0.15) is 6.42 Å². The Morgan fingerprint density at radius 3 is 3.00 bits per heavy atom. The second-order valence-corrected chi connectivity index (χ2v) is 5.37. The maximum Gasteiger partial charge on any atom is 0.296 e. The largest absolute Gasteiger partial charge is 0.480 e. The third-order valence-electron chi connectivity index (χ3n) is 3.61. The van der Waals surface area contributed by atoms with E-state index in [1.165, 1.54) is 0 Å². The number of aromatic nitrogens is 3. The lowest BCUT2D eigenvalue weighted by Crippen LogP contribution is -2.31. The standard InChI is InChI=1S/C13H18ClN5O/c14-11-3-2-10-12(17-11)19(13(20)16-10)9-8-18-6-1-4-15-5-7-18/h2-3,15H,1,4-9H2,(H,16,20). The molecule has 1 aliphatic rings. The van der Waals surface area contributed by atoms with Crippen molar-refractivity contribution in [2.45, 2.75) is 13.0 Å². The van der Waals surface area contributed by atoms with Crippen molar-refractivity contribution in [3.05, 3.63) is 17.3 Å². The molecule has 0 radical (unpaired) electrons. The predicted octanol–water partition coefficient (Wildman–Crippen LogP) is 1.09. The van der Waals surface area contributed by atoms with Gasteiger partial charge in [0.05, 0.1) is 0 Å². The van der Waals surface area contributed by atoms with Gasteiger partial charge in [-0.05, 0) is 31.6 Å². The number of hydrogen-bond acceptors (Lipinski definition) is 5. The number of aromatic hydroxyl groups is 1. The Morgan fingerprint density at radius 1 is 1.20 bits per heavy atom. The molecule has 1 fully saturated rings. The molecular weight excluding hydrogens is 278 g/mol. The highest BCUT2D eigenvalue weighted by Crippen LogP contribution is 2.20. The summed E-state index contributed by atoms with van der Waals surface area (Å²) >= 11 is 5.92. The van der Waals surface area contributed by atoms with Crippen LogP contribution in [0.3, 0.4) is 0 Å². The summed E-state index contributed by atoms with van der Waals surface area (Å²) in [5.74, 6) is 0. The topological polar surface area (TPSA) is 66.2 Å². The zero-order valence-electron chi connectivity index (χ0n) is 11.2. The number of hydrogen-bond donors (Lipinski definition) is 2. The van der Waals surface area contributed by atoms with E-state index in [1.807, 2.05) is 0 Å². The molecule has 3 rings (SSSR count). The SMILES string of the molecule is Oc1nc2ccc(Cl)nc2n1CCN1CCCNCC1. The Morgan fingerprint density at radius 2 is 2.10 bits per heavy atom. The summed E-state index contributed by atoms with van der Waals surface area (Å²) in [7, 11) is 0.